The van der Waals surface area contributed by atoms with Crippen LogP contribution in [0.4, 0.5) is 0 Å². The van der Waals surface area contributed by atoms with Crippen LogP contribution in [0.25, 0.3) is 0 Å². The lowest BCUT2D eigenvalue weighted by molar-refractivity contribution is -0.0196. The molecule has 168 valence electrons. The monoisotopic (exact) mass is 412 g/mol. The smallest absolute Gasteiger partial charge is 0.114 e. The van der Waals surface area contributed by atoms with Crippen molar-refractivity contribution in [2.45, 2.75) is 104 Å². The molecule has 2 nitrogen and oxygen atoms in total. The Morgan fingerprint density at radius 1 is 1.00 bits per heavy atom. The van der Waals surface area contributed by atoms with Crippen LogP contribution in [-0.4, -0.2) is 22.9 Å². The molecule has 1 aliphatic heterocycles. The van der Waals surface area contributed by atoms with E-state index in [1.54, 1.807) is 5.57 Å². The second-order valence-corrected chi connectivity index (χ2v) is 12.5. The lowest BCUT2D eigenvalue weighted by Crippen LogP contribution is -2.55. The fraction of sp³-hybridized carbons (Fsp3) is 0.857. The normalized spacial score (nSPS) is 51.6. The summed E-state index contributed by atoms with van der Waals surface area (Å²) in [5.41, 5.74) is 2.43. The summed E-state index contributed by atoms with van der Waals surface area (Å²) in [4.78, 5) is 0. The Hall–Kier alpha value is -0.600. The van der Waals surface area contributed by atoms with Gasteiger partial charge in [-0.2, -0.15) is 0 Å². The minimum absolute atomic E-state index is 0.0480. The molecule has 0 amide bonds. The van der Waals surface area contributed by atoms with Crippen LogP contribution in [0.3, 0.4) is 0 Å². The largest absolute Gasteiger partial charge is 0.390 e. The van der Waals surface area contributed by atoms with Gasteiger partial charge in [-0.15, -0.1) is 0 Å². The van der Waals surface area contributed by atoms with Gasteiger partial charge in [-0.05, 0) is 85.9 Å². The quantitative estimate of drug-likeness (QED) is 0.420. The van der Waals surface area contributed by atoms with Gasteiger partial charge < -0.3 is 9.84 Å². The van der Waals surface area contributed by atoms with E-state index in [4.69, 9.17) is 4.74 Å². The first kappa shape index (κ1) is 21.3. The number of ether oxygens (including phenoxy) is 1. The molecule has 0 aromatic rings. The molecule has 3 saturated carbocycles. The minimum atomic E-state index is -0.237. The molecule has 0 aromatic heterocycles. The molecule has 10 atom stereocenters. The van der Waals surface area contributed by atoms with E-state index in [1.165, 1.54) is 25.7 Å². The summed E-state index contributed by atoms with van der Waals surface area (Å²) in [6.07, 6.45) is 16.0. The van der Waals surface area contributed by atoms with Crippen molar-refractivity contribution in [1.29, 1.82) is 0 Å². The van der Waals surface area contributed by atoms with Gasteiger partial charge in [-0.25, -0.2) is 0 Å². The Morgan fingerprint density at radius 3 is 2.50 bits per heavy atom. The molecule has 0 unspecified atom stereocenters. The van der Waals surface area contributed by atoms with Crippen molar-refractivity contribution in [3.05, 3.63) is 23.8 Å². The van der Waals surface area contributed by atoms with Crippen molar-refractivity contribution < 1.29 is 9.84 Å². The van der Waals surface area contributed by atoms with Crippen LogP contribution in [0.15, 0.2) is 23.8 Å². The van der Waals surface area contributed by atoms with Crippen LogP contribution in [-0.2, 0) is 4.74 Å². The van der Waals surface area contributed by atoms with Gasteiger partial charge in [0.15, 0.2) is 0 Å². The predicted octanol–water partition coefficient (Wildman–Crippen LogP) is 6.54. The SMILES string of the molecule is CC(C)[C@@H](C)/C=C/[C@@H](C)[C@H]1CC[C@H]2C3=CC[C@@]45O[C@@H]4[C@@H](O)CC[C@]5(C)[C@H]3CC[C@]12C. The van der Waals surface area contributed by atoms with E-state index >= 15 is 0 Å². The highest BCUT2D eigenvalue weighted by Crippen LogP contribution is 2.72. The van der Waals surface area contributed by atoms with Gasteiger partial charge in [0, 0.05) is 5.41 Å². The number of fused-ring (bicyclic) bond motifs is 4. The number of hydrogen-bond donors (Lipinski definition) is 1. The molecule has 0 aromatic carbocycles. The number of rotatable bonds is 4. The first-order valence-corrected chi connectivity index (χ1v) is 12.9. The van der Waals surface area contributed by atoms with Gasteiger partial charge >= 0.3 is 0 Å². The Labute approximate surface area is 184 Å². The third kappa shape index (κ3) is 2.75. The highest BCUT2D eigenvalue weighted by atomic mass is 16.6. The summed E-state index contributed by atoms with van der Waals surface area (Å²) in [6, 6.07) is 0. The average Bonchev–Trinajstić information content (AvgIpc) is 3.35. The van der Waals surface area contributed by atoms with Gasteiger partial charge in [0.1, 0.15) is 11.7 Å². The van der Waals surface area contributed by atoms with E-state index < -0.39 is 0 Å². The molecule has 5 rings (SSSR count). The summed E-state index contributed by atoms with van der Waals surface area (Å²) in [6.45, 7) is 14.6. The van der Waals surface area contributed by atoms with Crippen molar-refractivity contribution >= 4 is 0 Å². The third-order valence-electron chi connectivity index (χ3n) is 11.0. The summed E-state index contributed by atoms with van der Waals surface area (Å²) >= 11 is 0. The molecule has 30 heavy (non-hydrogen) atoms. The third-order valence-corrected chi connectivity index (χ3v) is 11.0. The van der Waals surface area contributed by atoms with E-state index in [-0.39, 0.29) is 23.2 Å². The second kappa shape index (κ2) is 6.95. The zero-order valence-corrected chi connectivity index (χ0v) is 20.2. The van der Waals surface area contributed by atoms with E-state index in [2.05, 4.69) is 59.8 Å². The van der Waals surface area contributed by atoms with E-state index in [0.717, 1.165) is 37.0 Å². The van der Waals surface area contributed by atoms with E-state index in [1.807, 2.05) is 0 Å². The fourth-order valence-electron chi connectivity index (χ4n) is 8.57. The molecule has 5 aliphatic rings. The van der Waals surface area contributed by atoms with Gasteiger partial charge in [-0.1, -0.05) is 65.3 Å². The molecule has 0 bridgehead atoms. The molecule has 4 fully saturated rings. The molecule has 1 spiro atoms. The number of aliphatic hydroxyl groups excluding tert-OH is 1. The summed E-state index contributed by atoms with van der Waals surface area (Å²) < 4.78 is 6.30. The number of allylic oxidation sites excluding steroid dienone is 3. The zero-order valence-electron chi connectivity index (χ0n) is 20.2. The van der Waals surface area contributed by atoms with Gasteiger partial charge in [-0.3, -0.25) is 0 Å². The first-order valence-electron chi connectivity index (χ1n) is 12.9. The van der Waals surface area contributed by atoms with Gasteiger partial charge in [0.2, 0.25) is 0 Å². The Balaban J connectivity index is 1.39. The molecular formula is C28H44O2. The van der Waals surface area contributed by atoms with Crippen LogP contribution in [0.1, 0.15) is 86.5 Å². The van der Waals surface area contributed by atoms with Gasteiger partial charge in [0.25, 0.3) is 0 Å². The van der Waals surface area contributed by atoms with Crippen LogP contribution in [0.5, 0.6) is 0 Å². The first-order chi connectivity index (χ1) is 14.1. The second-order valence-electron chi connectivity index (χ2n) is 12.5. The topological polar surface area (TPSA) is 32.8 Å². The molecular weight excluding hydrogens is 368 g/mol. The van der Waals surface area contributed by atoms with Crippen LogP contribution in [0, 0.1) is 46.3 Å². The average molecular weight is 413 g/mol. The highest BCUT2D eigenvalue weighted by molar-refractivity contribution is 5.35. The summed E-state index contributed by atoms with van der Waals surface area (Å²) in [5, 5.41) is 10.4. The van der Waals surface area contributed by atoms with Crippen LogP contribution >= 0.6 is 0 Å². The molecule has 4 aliphatic carbocycles. The van der Waals surface area contributed by atoms with Crippen LogP contribution < -0.4 is 0 Å². The van der Waals surface area contributed by atoms with Crippen molar-refractivity contribution in [2.75, 3.05) is 0 Å². The molecule has 1 saturated heterocycles. The zero-order chi connectivity index (χ0) is 21.5. The lowest BCUT2D eigenvalue weighted by Gasteiger charge is -2.56. The van der Waals surface area contributed by atoms with Crippen molar-refractivity contribution in [2.24, 2.45) is 46.3 Å². The van der Waals surface area contributed by atoms with E-state index in [9.17, 15) is 5.11 Å². The standard InChI is InChI=1S/C28H44O2/c1-17(2)18(3)7-8-19(4)21-9-10-22-20-11-16-28-25(30-28)24(29)13-15-27(28,6)23(20)12-14-26(21,22)5/h7-8,11,17-19,21-25,29H,9-10,12-16H2,1-6H3/b8-7+/t18-,19+,21+,22-,23-,24-,25+,26+,27+,28+/m0/s1. The molecule has 0 radical (unpaired) electrons. The van der Waals surface area contributed by atoms with Crippen LogP contribution in [0.2, 0.25) is 0 Å². The summed E-state index contributed by atoms with van der Waals surface area (Å²) in [7, 11) is 0. The number of aliphatic hydroxyl groups is 1. The maximum atomic E-state index is 10.4. The molecule has 1 heterocycles. The lowest BCUT2D eigenvalue weighted by atomic mass is 9.47. The molecule has 1 N–H and O–H groups in total. The minimum Gasteiger partial charge on any atom is -0.390 e. The van der Waals surface area contributed by atoms with Gasteiger partial charge in [0.05, 0.1) is 6.10 Å². The Morgan fingerprint density at radius 2 is 1.77 bits per heavy atom. The number of epoxide rings is 1. The predicted molar refractivity (Wildman–Crippen MR) is 123 cm³/mol. The van der Waals surface area contributed by atoms with Crippen molar-refractivity contribution in [3.63, 3.8) is 0 Å². The Bertz CT molecular complexity index is 752. The molecule has 2 heteroatoms. The van der Waals surface area contributed by atoms with Crippen molar-refractivity contribution in [3.8, 4) is 0 Å². The van der Waals surface area contributed by atoms with Crippen molar-refractivity contribution in [1.82, 2.24) is 0 Å². The highest BCUT2D eigenvalue weighted by Gasteiger charge is 2.74. The fourth-order valence-corrected chi connectivity index (χ4v) is 8.57. The maximum absolute atomic E-state index is 10.4. The maximum Gasteiger partial charge on any atom is 0.114 e. The Kier molecular flexibility index (Phi) is 4.92. The number of hydrogen-bond acceptors (Lipinski definition) is 2. The summed E-state index contributed by atoms with van der Waals surface area (Å²) in [5.74, 6) is 4.30. The van der Waals surface area contributed by atoms with E-state index in [0.29, 0.717) is 23.2 Å².